The number of carbonyl (C=O) groups excluding carboxylic acids is 2. The Morgan fingerprint density at radius 3 is 2.69 bits per heavy atom. The molecule has 0 unspecified atom stereocenters. The Morgan fingerprint density at radius 1 is 1.22 bits per heavy atom. The van der Waals surface area contributed by atoms with Crippen molar-refractivity contribution in [1.29, 1.82) is 0 Å². The number of aryl methyl sites for hydroxylation is 1. The summed E-state index contributed by atoms with van der Waals surface area (Å²) in [7, 11) is 0. The van der Waals surface area contributed by atoms with Crippen LogP contribution in [0.1, 0.15) is 56.4 Å². The van der Waals surface area contributed by atoms with Crippen LogP contribution in [-0.2, 0) is 39.3 Å². The third-order valence-corrected chi connectivity index (χ3v) is 6.85. The zero-order valence-corrected chi connectivity index (χ0v) is 18.6. The zero-order chi connectivity index (χ0) is 22.8. The van der Waals surface area contributed by atoms with E-state index in [-0.39, 0.29) is 24.1 Å². The highest BCUT2D eigenvalue weighted by Gasteiger charge is 2.43. The average molecular weight is 432 g/mol. The number of hydrogen-bond donors (Lipinski definition) is 0. The summed E-state index contributed by atoms with van der Waals surface area (Å²) < 4.78 is 12.4. The molecule has 0 saturated heterocycles. The molecule has 32 heavy (non-hydrogen) atoms. The van der Waals surface area contributed by atoms with Crippen LogP contribution in [0, 0.1) is 0 Å². The number of nitrogens with zero attached hydrogens (tertiary/aromatic N) is 2. The van der Waals surface area contributed by atoms with E-state index in [2.05, 4.69) is 6.92 Å². The van der Waals surface area contributed by atoms with Gasteiger partial charge in [-0.2, -0.15) is 0 Å². The van der Waals surface area contributed by atoms with Crippen molar-refractivity contribution in [3.63, 3.8) is 0 Å². The second-order valence-corrected chi connectivity index (χ2v) is 8.62. The van der Waals surface area contributed by atoms with Gasteiger partial charge in [0, 0.05) is 17.9 Å². The number of carbonyl (C=O) groups is 2. The van der Waals surface area contributed by atoms with Crippen molar-refractivity contribution in [3.8, 4) is 17.1 Å². The van der Waals surface area contributed by atoms with Crippen molar-refractivity contribution >= 4 is 22.8 Å². The van der Waals surface area contributed by atoms with Gasteiger partial charge in [-0.3, -0.25) is 14.4 Å². The van der Waals surface area contributed by atoms with E-state index in [1.54, 1.807) is 10.6 Å². The molecular weight excluding hydrogens is 408 g/mol. The zero-order valence-electron chi connectivity index (χ0n) is 18.6. The Morgan fingerprint density at radius 2 is 2.00 bits per heavy atom. The van der Waals surface area contributed by atoms with Crippen LogP contribution in [0.15, 0.2) is 29.1 Å². The minimum Gasteiger partial charge on any atom is -0.460 e. The number of ether oxygens (including phenoxy) is 2. The molecule has 2 aliphatic heterocycles. The quantitative estimate of drug-likeness (QED) is 0.363. The fourth-order valence-corrected chi connectivity index (χ4v) is 4.94. The van der Waals surface area contributed by atoms with Gasteiger partial charge in [0.25, 0.3) is 5.56 Å². The van der Waals surface area contributed by atoms with Gasteiger partial charge in [0.2, 0.25) is 0 Å². The van der Waals surface area contributed by atoms with Gasteiger partial charge >= 0.3 is 11.9 Å². The molecule has 7 nitrogen and oxygen atoms in total. The monoisotopic (exact) mass is 432 g/mol. The maximum absolute atomic E-state index is 13.4. The molecule has 0 N–H and O–H groups in total. The molecule has 0 amide bonds. The molecule has 0 spiro atoms. The van der Waals surface area contributed by atoms with E-state index >= 15 is 0 Å². The van der Waals surface area contributed by atoms with E-state index in [0.717, 1.165) is 45.4 Å². The molecule has 5 rings (SSSR count). The van der Waals surface area contributed by atoms with E-state index in [1.165, 1.54) is 6.92 Å². The largest absolute Gasteiger partial charge is 0.460 e. The number of rotatable bonds is 3. The second kappa shape index (κ2) is 7.02. The van der Waals surface area contributed by atoms with E-state index in [4.69, 9.17) is 14.5 Å². The first-order valence-electron chi connectivity index (χ1n) is 10.9. The number of benzene rings is 1. The Bertz CT molecular complexity index is 1390. The van der Waals surface area contributed by atoms with Gasteiger partial charge in [-0.05, 0) is 55.2 Å². The van der Waals surface area contributed by atoms with Gasteiger partial charge < -0.3 is 14.0 Å². The van der Waals surface area contributed by atoms with Crippen molar-refractivity contribution in [3.05, 3.63) is 56.9 Å². The molecule has 164 valence electrons. The summed E-state index contributed by atoms with van der Waals surface area (Å²) in [4.78, 5) is 42.3. The highest BCUT2D eigenvalue weighted by atomic mass is 16.5. The van der Waals surface area contributed by atoms with Gasteiger partial charge in [-0.1, -0.05) is 13.8 Å². The predicted octanol–water partition coefficient (Wildman–Crippen LogP) is 3.64. The van der Waals surface area contributed by atoms with E-state index < -0.39 is 5.41 Å². The Balaban J connectivity index is 1.76. The second-order valence-electron chi connectivity index (χ2n) is 8.62. The summed E-state index contributed by atoms with van der Waals surface area (Å²) in [6.07, 6.45) is 1.28. The maximum atomic E-state index is 13.4. The fourth-order valence-electron chi connectivity index (χ4n) is 4.94. The standard InChI is InChI=1S/C25H24N2O5/c1-5-15-16-9-14(32-13(3)28)7-8-20(16)26-22-17(15)11-27-21(22)10-19-18(23(27)29)12-31-24(30)25(19,4)6-2/h7-10H,5-6,11-12H2,1-4H3/t25-/m1/s1. The Labute approximate surface area is 185 Å². The number of esters is 2. The lowest BCUT2D eigenvalue weighted by Crippen LogP contribution is -2.42. The molecule has 2 aliphatic rings. The molecule has 1 atom stereocenters. The summed E-state index contributed by atoms with van der Waals surface area (Å²) in [6.45, 7) is 7.61. The molecular formula is C25H24N2O5. The molecule has 1 aromatic carbocycles. The lowest BCUT2D eigenvalue weighted by atomic mass is 9.76. The van der Waals surface area contributed by atoms with E-state index in [9.17, 15) is 14.4 Å². The van der Waals surface area contributed by atoms with Crippen molar-refractivity contribution in [2.24, 2.45) is 0 Å². The molecule has 4 heterocycles. The average Bonchev–Trinajstić information content (AvgIpc) is 3.13. The molecule has 2 aromatic heterocycles. The number of hydrogen-bond acceptors (Lipinski definition) is 6. The molecule has 0 bridgehead atoms. The number of fused-ring (bicyclic) bond motifs is 5. The smallest absolute Gasteiger partial charge is 0.316 e. The third-order valence-electron chi connectivity index (χ3n) is 6.85. The van der Waals surface area contributed by atoms with Crippen LogP contribution in [0.5, 0.6) is 5.75 Å². The first-order valence-corrected chi connectivity index (χ1v) is 10.9. The van der Waals surface area contributed by atoms with E-state index in [0.29, 0.717) is 24.3 Å². The molecule has 0 radical (unpaired) electrons. The SMILES string of the molecule is CCc1c2c(nc3ccc(OC(C)=O)cc13)-c1cc3c(c(=O)n1C2)COC(=O)[C@]3(C)CC. The van der Waals surface area contributed by atoms with Gasteiger partial charge in [0.05, 0.1) is 34.4 Å². The predicted molar refractivity (Wildman–Crippen MR) is 119 cm³/mol. The van der Waals surface area contributed by atoms with Crippen LogP contribution in [-0.4, -0.2) is 21.5 Å². The first-order chi connectivity index (χ1) is 15.3. The summed E-state index contributed by atoms with van der Waals surface area (Å²) >= 11 is 0. The number of aromatic nitrogens is 2. The minimum atomic E-state index is -0.853. The topological polar surface area (TPSA) is 87.5 Å². The lowest BCUT2D eigenvalue weighted by Gasteiger charge is -2.33. The minimum absolute atomic E-state index is 0.000992. The van der Waals surface area contributed by atoms with Gasteiger partial charge in [0.1, 0.15) is 12.4 Å². The third kappa shape index (κ3) is 2.73. The molecule has 3 aromatic rings. The van der Waals surface area contributed by atoms with Gasteiger partial charge in [-0.15, -0.1) is 0 Å². The van der Waals surface area contributed by atoms with Crippen LogP contribution in [0.3, 0.4) is 0 Å². The fraction of sp³-hybridized carbons (Fsp3) is 0.360. The van der Waals surface area contributed by atoms with Crippen molar-refractivity contribution < 1.29 is 19.1 Å². The summed E-state index contributed by atoms with van der Waals surface area (Å²) in [6, 6.07) is 7.35. The highest BCUT2D eigenvalue weighted by Crippen LogP contribution is 2.41. The highest BCUT2D eigenvalue weighted by molar-refractivity contribution is 5.90. The first kappa shape index (κ1) is 20.4. The molecule has 0 fully saturated rings. The number of cyclic esters (lactones) is 1. The van der Waals surface area contributed by atoms with Gasteiger partial charge in [0.15, 0.2) is 0 Å². The van der Waals surface area contributed by atoms with Crippen molar-refractivity contribution in [2.45, 2.75) is 59.1 Å². The normalized spacial score (nSPS) is 18.7. The Kier molecular flexibility index (Phi) is 4.48. The molecule has 7 heteroatoms. The van der Waals surface area contributed by atoms with Crippen molar-refractivity contribution in [2.75, 3.05) is 0 Å². The summed E-state index contributed by atoms with van der Waals surface area (Å²) in [5.41, 5.74) is 4.65. The van der Waals surface area contributed by atoms with Crippen molar-refractivity contribution in [1.82, 2.24) is 9.55 Å². The van der Waals surface area contributed by atoms with Crippen LogP contribution in [0.2, 0.25) is 0 Å². The summed E-state index contributed by atoms with van der Waals surface area (Å²) in [5, 5.41) is 0.910. The Hall–Kier alpha value is -3.48. The van der Waals surface area contributed by atoms with Crippen LogP contribution in [0.4, 0.5) is 0 Å². The van der Waals surface area contributed by atoms with Crippen LogP contribution < -0.4 is 10.3 Å². The molecule has 0 saturated carbocycles. The van der Waals surface area contributed by atoms with E-state index in [1.807, 2.05) is 32.0 Å². The lowest BCUT2D eigenvalue weighted by molar-refractivity contribution is -0.153. The van der Waals surface area contributed by atoms with Crippen LogP contribution in [0.25, 0.3) is 22.3 Å². The van der Waals surface area contributed by atoms with Gasteiger partial charge in [-0.25, -0.2) is 4.98 Å². The number of pyridine rings is 2. The molecule has 0 aliphatic carbocycles. The maximum Gasteiger partial charge on any atom is 0.316 e. The summed E-state index contributed by atoms with van der Waals surface area (Å²) in [5.74, 6) is -0.204. The van der Waals surface area contributed by atoms with Crippen LogP contribution >= 0.6 is 0 Å².